The van der Waals surface area contributed by atoms with Gasteiger partial charge in [0, 0.05) is 30.6 Å². The molecule has 0 aliphatic heterocycles. The van der Waals surface area contributed by atoms with Gasteiger partial charge in [-0.25, -0.2) is 4.98 Å². The number of aromatic nitrogens is 3. The van der Waals surface area contributed by atoms with Gasteiger partial charge in [0.25, 0.3) is 0 Å². The van der Waals surface area contributed by atoms with Gasteiger partial charge in [-0.15, -0.1) is 11.3 Å². The van der Waals surface area contributed by atoms with Crippen LogP contribution >= 0.6 is 11.3 Å². The Bertz CT molecular complexity index is 672. The minimum absolute atomic E-state index is 0.251. The van der Waals surface area contributed by atoms with Crippen molar-refractivity contribution < 1.29 is 0 Å². The van der Waals surface area contributed by atoms with E-state index < -0.39 is 0 Å². The SMILES string of the molecule is CC(NCc1nn(C)c2ccccc12)c1nccs1. The molecule has 0 saturated carbocycles. The van der Waals surface area contributed by atoms with Crippen LogP contribution in [0.15, 0.2) is 35.8 Å². The highest BCUT2D eigenvalue weighted by atomic mass is 32.1. The monoisotopic (exact) mass is 272 g/mol. The molecule has 1 N–H and O–H groups in total. The van der Waals surface area contributed by atoms with E-state index in [0.717, 1.165) is 17.2 Å². The summed E-state index contributed by atoms with van der Waals surface area (Å²) < 4.78 is 1.93. The highest BCUT2D eigenvalue weighted by Crippen LogP contribution is 2.19. The van der Waals surface area contributed by atoms with Crippen molar-refractivity contribution in [3.8, 4) is 0 Å². The number of thiazole rings is 1. The zero-order valence-corrected chi connectivity index (χ0v) is 11.8. The van der Waals surface area contributed by atoms with Gasteiger partial charge < -0.3 is 5.32 Å². The lowest BCUT2D eigenvalue weighted by Crippen LogP contribution is -2.18. The minimum atomic E-state index is 0.251. The molecular formula is C14H16N4S. The van der Waals surface area contributed by atoms with Crippen LogP contribution in [0.2, 0.25) is 0 Å². The lowest BCUT2D eigenvalue weighted by Gasteiger charge is -2.09. The number of fused-ring (bicyclic) bond motifs is 1. The predicted octanol–water partition coefficient (Wildman–Crippen LogP) is 2.88. The number of aryl methyl sites for hydroxylation is 1. The second kappa shape index (κ2) is 5.11. The zero-order chi connectivity index (χ0) is 13.2. The van der Waals surface area contributed by atoms with Gasteiger partial charge in [-0.05, 0) is 13.0 Å². The summed E-state index contributed by atoms with van der Waals surface area (Å²) in [6.45, 7) is 2.88. The standard InChI is InChI=1S/C14H16N4S/c1-10(14-15-7-8-19-14)16-9-12-11-5-3-4-6-13(11)18(2)17-12/h3-8,10,16H,9H2,1-2H3. The van der Waals surface area contributed by atoms with Crippen LogP contribution in [-0.2, 0) is 13.6 Å². The molecule has 0 aliphatic carbocycles. The van der Waals surface area contributed by atoms with Crippen LogP contribution in [0.1, 0.15) is 23.7 Å². The van der Waals surface area contributed by atoms with E-state index in [-0.39, 0.29) is 6.04 Å². The molecule has 2 heterocycles. The van der Waals surface area contributed by atoms with Crippen molar-refractivity contribution in [2.75, 3.05) is 0 Å². The molecule has 1 aromatic carbocycles. The Kier molecular flexibility index (Phi) is 3.31. The summed E-state index contributed by atoms with van der Waals surface area (Å²) >= 11 is 1.68. The fourth-order valence-electron chi connectivity index (χ4n) is 2.20. The third-order valence-electron chi connectivity index (χ3n) is 3.23. The number of benzene rings is 1. The van der Waals surface area contributed by atoms with Crippen LogP contribution < -0.4 is 5.32 Å². The van der Waals surface area contributed by atoms with Gasteiger partial charge >= 0.3 is 0 Å². The van der Waals surface area contributed by atoms with Gasteiger partial charge in [0.15, 0.2) is 0 Å². The Hall–Kier alpha value is -1.72. The van der Waals surface area contributed by atoms with Crippen molar-refractivity contribution in [2.45, 2.75) is 19.5 Å². The van der Waals surface area contributed by atoms with Crippen molar-refractivity contribution in [1.29, 1.82) is 0 Å². The molecule has 1 atom stereocenters. The van der Waals surface area contributed by atoms with Gasteiger partial charge in [0.05, 0.1) is 17.3 Å². The first kappa shape index (κ1) is 12.3. The van der Waals surface area contributed by atoms with Crippen LogP contribution in [0.3, 0.4) is 0 Å². The maximum Gasteiger partial charge on any atom is 0.109 e. The second-order valence-electron chi connectivity index (χ2n) is 4.56. The molecule has 0 spiro atoms. The van der Waals surface area contributed by atoms with Crippen LogP contribution in [0.4, 0.5) is 0 Å². The summed E-state index contributed by atoms with van der Waals surface area (Å²) in [4.78, 5) is 4.33. The highest BCUT2D eigenvalue weighted by Gasteiger charge is 2.11. The molecule has 0 saturated heterocycles. The van der Waals surface area contributed by atoms with E-state index in [1.165, 1.54) is 10.9 Å². The highest BCUT2D eigenvalue weighted by molar-refractivity contribution is 7.09. The number of hydrogen-bond acceptors (Lipinski definition) is 4. The Labute approximate surface area is 116 Å². The average Bonchev–Trinajstić information content (AvgIpc) is 3.06. The number of rotatable bonds is 4. The van der Waals surface area contributed by atoms with E-state index in [4.69, 9.17) is 0 Å². The molecule has 98 valence electrons. The molecule has 0 bridgehead atoms. The van der Waals surface area contributed by atoms with Gasteiger partial charge in [-0.2, -0.15) is 5.10 Å². The van der Waals surface area contributed by atoms with Crippen molar-refractivity contribution in [3.63, 3.8) is 0 Å². The smallest absolute Gasteiger partial charge is 0.109 e. The quantitative estimate of drug-likeness (QED) is 0.794. The first-order valence-corrected chi connectivity index (χ1v) is 7.17. The summed E-state index contributed by atoms with van der Waals surface area (Å²) in [7, 11) is 1.98. The maximum absolute atomic E-state index is 4.58. The normalized spacial score (nSPS) is 12.9. The summed E-state index contributed by atoms with van der Waals surface area (Å²) in [5.41, 5.74) is 2.25. The van der Waals surface area contributed by atoms with Crippen LogP contribution in [0.25, 0.3) is 10.9 Å². The van der Waals surface area contributed by atoms with E-state index in [0.29, 0.717) is 0 Å². The third kappa shape index (κ3) is 2.39. The molecule has 2 aromatic heterocycles. The summed E-state index contributed by atoms with van der Waals surface area (Å²) in [5.74, 6) is 0. The first-order chi connectivity index (χ1) is 9.25. The van der Waals surface area contributed by atoms with E-state index in [2.05, 4.69) is 40.5 Å². The number of hydrogen-bond donors (Lipinski definition) is 1. The molecule has 4 nitrogen and oxygen atoms in total. The second-order valence-corrected chi connectivity index (χ2v) is 5.49. The molecular weight excluding hydrogens is 256 g/mol. The van der Waals surface area contributed by atoms with Crippen molar-refractivity contribution >= 4 is 22.2 Å². The molecule has 0 amide bonds. The zero-order valence-electron chi connectivity index (χ0n) is 11.0. The summed E-state index contributed by atoms with van der Waals surface area (Å²) in [6, 6.07) is 8.56. The van der Waals surface area contributed by atoms with E-state index in [1.54, 1.807) is 11.3 Å². The van der Waals surface area contributed by atoms with Crippen molar-refractivity contribution in [3.05, 3.63) is 46.5 Å². The number of nitrogens with zero attached hydrogens (tertiary/aromatic N) is 3. The molecule has 3 aromatic rings. The third-order valence-corrected chi connectivity index (χ3v) is 4.19. The Balaban J connectivity index is 1.79. The Morgan fingerprint density at radius 1 is 1.37 bits per heavy atom. The molecule has 3 rings (SSSR count). The Morgan fingerprint density at radius 3 is 3.00 bits per heavy atom. The first-order valence-electron chi connectivity index (χ1n) is 6.29. The molecule has 19 heavy (non-hydrogen) atoms. The molecule has 5 heteroatoms. The number of nitrogens with one attached hydrogen (secondary N) is 1. The lowest BCUT2D eigenvalue weighted by molar-refractivity contribution is 0.561. The summed E-state index contributed by atoms with van der Waals surface area (Å²) in [5, 5.41) is 12.4. The molecule has 0 fully saturated rings. The van der Waals surface area contributed by atoms with E-state index >= 15 is 0 Å². The fourth-order valence-corrected chi connectivity index (χ4v) is 2.87. The topological polar surface area (TPSA) is 42.7 Å². The maximum atomic E-state index is 4.58. The van der Waals surface area contributed by atoms with Crippen LogP contribution in [-0.4, -0.2) is 14.8 Å². The van der Waals surface area contributed by atoms with E-state index in [9.17, 15) is 0 Å². The van der Waals surface area contributed by atoms with Gasteiger partial charge in [0.1, 0.15) is 5.01 Å². The molecule has 0 aliphatic rings. The molecule has 0 radical (unpaired) electrons. The summed E-state index contributed by atoms with van der Waals surface area (Å²) in [6.07, 6.45) is 1.84. The minimum Gasteiger partial charge on any atom is -0.302 e. The van der Waals surface area contributed by atoms with Crippen LogP contribution in [0.5, 0.6) is 0 Å². The van der Waals surface area contributed by atoms with Gasteiger partial charge in [0.2, 0.25) is 0 Å². The molecule has 1 unspecified atom stereocenters. The lowest BCUT2D eigenvalue weighted by atomic mass is 10.2. The van der Waals surface area contributed by atoms with Gasteiger partial charge in [-0.3, -0.25) is 4.68 Å². The number of para-hydroxylation sites is 1. The van der Waals surface area contributed by atoms with Gasteiger partial charge in [-0.1, -0.05) is 18.2 Å². The fraction of sp³-hybridized carbons (Fsp3) is 0.286. The largest absolute Gasteiger partial charge is 0.302 e. The predicted molar refractivity (Wildman–Crippen MR) is 78.1 cm³/mol. The van der Waals surface area contributed by atoms with Crippen LogP contribution in [0, 0.1) is 0 Å². The van der Waals surface area contributed by atoms with E-state index in [1.807, 2.05) is 29.4 Å². The van der Waals surface area contributed by atoms with Crippen molar-refractivity contribution in [1.82, 2.24) is 20.1 Å². The average molecular weight is 272 g/mol. The van der Waals surface area contributed by atoms with Crippen molar-refractivity contribution in [2.24, 2.45) is 7.05 Å². The Morgan fingerprint density at radius 2 is 2.21 bits per heavy atom.